The number of rotatable bonds is 2. The summed E-state index contributed by atoms with van der Waals surface area (Å²) in [5, 5.41) is -0.132. The maximum absolute atomic E-state index is 6.57. The fraction of sp³-hybridized carbons (Fsp3) is 0.333. The average molecular weight is 249 g/mol. The second-order valence-corrected chi connectivity index (χ2v) is 5.03. The highest BCUT2D eigenvalue weighted by Gasteiger charge is 2.18. The van der Waals surface area contributed by atoms with Gasteiger partial charge in [0.05, 0.1) is 5.38 Å². The van der Waals surface area contributed by atoms with Gasteiger partial charge in [-0.2, -0.15) is 0 Å². The first kappa shape index (κ1) is 12.3. The van der Waals surface area contributed by atoms with Crippen LogP contribution in [0.25, 0.3) is 0 Å². The summed E-state index contributed by atoms with van der Waals surface area (Å²) in [6.45, 7) is 8.08. The Morgan fingerprint density at radius 1 is 1.00 bits per heavy atom. The van der Waals surface area contributed by atoms with Crippen molar-refractivity contribution in [1.29, 1.82) is 0 Å². The van der Waals surface area contributed by atoms with Gasteiger partial charge in [-0.25, -0.2) is 0 Å². The lowest BCUT2D eigenvalue weighted by Gasteiger charge is -2.13. The Balaban J connectivity index is 2.46. The van der Waals surface area contributed by atoms with Crippen LogP contribution >= 0.6 is 11.6 Å². The zero-order valence-corrected chi connectivity index (χ0v) is 11.4. The van der Waals surface area contributed by atoms with Crippen LogP contribution in [0, 0.1) is 27.7 Å². The van der Waals surface area contributed by atoms with Gasteiger partial charge >= 0.3 is 0 Å². The molecule has 17 heavy (non-hydrogen) atoms. The van der Waals surface area contributed by atoms with Crippen LogP contribution in [0.3, 0.4) is 0 Å². The Morgan fingerprint density at radius 3 is 2.29 bits per heavy atom. The van der Waals surface area contributed by atoms with Gasteiger partial charge in [0.15, 0.2) is 0 Å². The van der Waals surface area contributed by atoms with Crippen LogP contribution in [0.4, 0.5) is 0 Å². The molecule has 1 unspecified atom stereocenters. The number of benzene rings is 1. The minimum absolute atomic E-state index is 0.132. The van der Waals surface area contributed by atoms with Crippen LogP contribution in [0.1, 0.15) is 39.2 Å². The number of halogens is 1. The van der Waals surface area contributed by atoms with Crippen molar-refractivity contribution in [2.24, 2.45) is 0 Å². The van der Waals surface area contributed by atoms with E-state index >= 15 is 0 Å². The van der Waals surface area contributed by atoms with E-state index in [1.807, 2.05) is 19.9 Å². The first-order valence-electron chi connectivity index (χ1n) is 5.77. The average Bonchev–Trinajstić information content (AvgIpc) is 2.60. The molecule has 2 aromatic rings. The van der Waals surface area contributed by atoms with Crippen molar-refractivity contribution < 1.29 is 4.42 Å². The van der Waals surface area contributed by atoms with E-state index in [4.69, 9.17) is 16.0 Å². The van der Waals surface area contributed by atoms with E-state index in [-0.39, 0.29) is 5.38 Å². The van der Waals surface area contributed by atoms with Crippen molar-refractivity contribution in [1.82, 2.24) is 0 Å². The minimum atomic E-state index is -0.132. The molecule has 1 heterocycles. The summed E-state index contributed by atoms with van der Waals surface area (Å²) in [4.78, 5) is 0. The van der Waals surface area contributed by atoms with Crippen LogP contribution in [-0.4, -0.2) is 0 Å². The Hall–Kier alpha value is -1.21. The van der Waals surface area contributed by atoms with Crippen LogP contribution in [-0.2, 0) is 0 Å². The first-order valence-corrected chi connectivity index (χ1v) is 6.21. The molecule has 1 aromatic carbocycles. The summed E-state index contributed by atoms with van der Waals surface area (Å²) in [6.07, 6.45) is 0. The molecule has 2 heteroatoms. The molecule has 0 radical (unpaired) electrons. The Bertz CT molecular complexity index is 540. The molecule has 0 aliphatic heterocycles. The first-order chi connectivity index (χ1) is 7.99. The van der Waals surface area contributed by atoms with Gasteiger partial charge in [-0.05, 0) is 44.9 Å². The number of furan rings is 1. The molecule has 2 rings (SSSR count). The van der Waals surface area contributed by atoms with E-state index in [1.54, 1.807) is 0 Å². The molecule has 90 valence electrons. The quantitative estimate of drug-likeness (QED) is 0.693. The lowest BCUT2D eigenvalue weighted by atomic mass is 9.98. The standard InChI is InChI=1S/C15H17ClO/c1-9-5-6-10(2)13(7-9)15(16)14-8-11(3)17-12(14)4/h5-8,15H,1-4H3. The maximum atomic E-state index is 6.57. The zero-order valence-electron chi connectivity index (χ0n) is 10.7. The summed E-state index contributed by atoms with van der Waals surface area (Å²) < 4.78 is 5.54. The molecule has 1 nitrogen and oxygen atoms in total. The SMILES string of the molecule is Cc1ccc(C)c(C(Cl)c2cc(C)oc2C)c1. The van der Waals surface area contributed by atoms with Crippen LogP contribution in [0.15, 0.2) is 28.7 Å². The minimum Gasteiger partial charge on any atom is -0.466 e. The topological polar surface area (TPSA) is 13.1 Å². The van der Waals surface area contributed by atoms with Crippen LogP contribution in [0.2, 0.25) is 0 Å². The molecule has 1 aromatic heterocycles. The predicted octanol–water partition coefficient (Wildman–Crippen LogP) is 4.84. The van der Waals surface area contributed by atoms with Gasteiger partial charge in [-0.15, -0.1) is 11.6 Å². The number of hydrogen-bond donors (Lipinski definition) is 0. The molecule has 0 bridgehead atoms. The Morgan fingerprint density at radius 2 is 1.71 bits per heavy atom. The van der Waals surface area contributed by atoms with Crippen molar-refractivity contribution in [3.8, 4) is 0 Å². The normalized spacial score (nSPS) is 12.8. The van der Waals surface area contributed by atoms with E-state index in [0.717, 1.165) is 22.6 Å². The molecule has 0 amide bonds. The third kappa shape index (κ3) is 2.39. The summed E-state index contributed by atoms with van der Waals surface area (Å²) in [5.74, 6) is 1.82. The molecule has 1 atom stereocenters. The highest BCUT2D eigenvalue weighted by molar-refractivity contribution is 6.22. The van der Waals surface area contributed by atoms with E-state index in [1.165, 1.54) is 11.1 Å². The van der Waals surface area contributed by atoms with Gasteiger partial charge in [0.2, 0.25) is 0 Å². The highest BCUT2D eigenvalue weighted by Crippen LogP contribution is 2.34. The summed E-state index contributed by atoms with van der Waals surface area (Å²) >= 11 is 6.57. The van der Waals surface area contributed by atoms with Gasteiger partial charge in [-0.1, -0.05) is 23.8 Å². The van der Waals surface area contributed by atoms with Gasteiger partial charge in [0.1, 0.15) is 11.5 Å². The lowest BCUT2D eigenvalue weighted by Crippen LogP contribution is -1.97. The monoisotopic (exact) mass is 248 g/mol. The van der Waals surface area contributed by atoms with Crippen LogP contribution < -0.4 is 0 Å². The Labute approximate surface area is 107 Å². The number of aryl methyl sites for hydroxylation is 4. The molecule has 0 fully saturated rings. The molecule has 0 saturated heterocycles. The number of hydrogen-bond acceptors (Lipinski definition) is 1. The molecular formula is C15H17ClO. The van der Waals surface area contributed by atoms with Crippen molar-refractivity contribution in [3.05, 3.63) is 58.0 Å². The third-order valence-electron chi connectivity index (χ3n) is 3.06. The second-order valence-electron chi connectivity index (χ2n) is 4.59. The maximum Gasteiger partial charge on any atom is 0.106 e. The fourth-order valence-corrected chi connectivity index (χ4v) is 2.55. The number of alkyl halides is 1. The Kier molecular flexibility index (Phi) is 3.30. The highest BCUT2D eigenvalue weighted by atomic mass is 35.5. The largest absolute Gasteiger partial charge is 0.466 e. The smallest absolute Gasteiger partial charge is 0.106 e. The van der Waals surface area contributed by atoms with E-state index in [2.05, 4.69) is 32.0 Å². The molecule has 0 aliphatic rings. The van der Waals surface area contributed by atoms with Crippen LogP contribution in [0.5, 0.6) is 0 Å². The van der Waals surface area contributed by atoms with Crippen molar-refractivity contribution in [2.75, 3.05) is 0 Å². The van der Waals surface area contributed by atoms with E-state index in [9.17, 15) is 0 Å². The molecular weight excluding hydrogens is 232 g/mol. The molecule has 0 spiro atoms. The summed E-state index contributed by atoms with van der Waals surface area (Å²) in [5.41, 5.74) is 4.68. The van der Waals surface area contributed by atoms with E-state index in [0.29, 0.717) is 0 Å². The summed E-state index contributed by atoms with van der Waals surface area (Å²) in [7, 11) is 0. The second kappa shape index (κ2) is 4.58. The molecule has 0 saturated carbocycles. The van der Waals surface area contributed by atoms with Crippen molar-refractivity contribution in [3.63, 3.8) is 0 Å². The predicted molar refractivity (Wildman–Crippen MR) is 71.8 cm³/mol. The molecule has 0 aliphatic carbocycles. The van der Waals surface area contributed by atoms with Gasteiger partial charge in [-0.3, -0.25) is 0 Å². The summed E-state index contributed by atoms with van der Waals surface area (Å²) in [6, 6.07) is 8.39. The lowest BCUT2D eigenvalue weighted by molar-refractivity contribution is 0.501. The van der Waals surface area contributed by atoms with Crippen molar-refractivity contribution >= 4 is 11.6 Å². The van der Waals surface area contributed by atoms with E-state index < -0.39 is 0 Å². The van der Waals surface area contributed by atoms with Gasteiger partial charge in [0.25, 0.3) is 0 Å². The zero-order chi connectivity index (χ0) is 12.6. The van der Waals surface area contributed by atoms with Gasteiger partial charge in [0, 0.05) is 5.56 Å². The molecule has 0 N–H and O–H groups in total. The van der Waals surface area contributed by atoms with Crippen molar-refractivity contribution in [2.45, 2.75) is 33.1 Å². The fourth-order valence-electron chi connectivity index (χ4n) is 2.10. The van der Waals surface area contributed by atoms with Gasteiger partial charge < -0.3 is 4.42 Å². The third-order valence-corrected chi connectivity index (χ3v) is 3.53.